The van der Waals surface area contributed by atoms with Gasteiger partial charge in [-0.15, -0.1) is 0 Å². The van der Waals surface area contributed by atoms with Gasteiger partial charge in [-0.25, -0.2) is 4.98 Å². The first kappa shape index (κ1) is 11.8. The van der Waals surface area contributed by atoms with Gasteiger partial charge in [-0.3, -0.25) is 4.79 Å². The molecule has 0 atom stereocenters. The van der Waals surface area contributed by atoms with Crippen LogP contribution in [0.4, 0.5) is 0 Å². The van der Waals surface area contributed by atoms with Crippen LogP contribution in [0.2, 0.25) is 0 Å². The lowest BCUT2D eigenvalue weighted by Crippen LogP contribution is -2.11. The third-order valence-electron chi connectivity index (χ3n) is 2.57. The highest BCUT2D eigenvalue weighted by molar-refractivity contribution is 9.10. The molecule has 6 nitrogen and oxygen atoms in total. The minimum absolute atomic E-state index is 0.258. The van der Waals surface area contributed by atoms with Gasteiger partial charge in [0.25, 0.3) is 5.56 Å². The van der Waals surface area contributed by atoms with Crippen molar-refractivity contribution in [2.75, 3.05) is 0 Å². The molecule has 2 aromatic heterocycles. The van der Waals surface area contributed by atoms with Crippen molar-refractivity contribution in [3.8, 4) is 22.8 Å². The molecule has 2 heterocycles. The Hall–Kier alpha value is -2.28. The number of aromatic amines is 2. The zero-order valence-corrected chi connectivity index (χ0v) is 11.2. The van der Waals surface area contributed by atoms with Crippen LogP contribution in [0, 0.1) is 0 Å². The summed E-state index contributed by atoms with van der Waals surface area (Å²) in [6, 6.07) is 9.46. The second kappa shape index (κ2) is 4.77. The number of hydrogen-bond donors (Lipinski definition) is 2. The zero-order valence-electron chi connectivity index (χ0n) is 9.59. The summed E-state index contributed by atoms with van der Waals surface area (Å²) in [5.74, 6) is 0.376. The topological polar surface area (TPSA) is 87.3 Å². The molecule has 1 aromatic carbocycles. The highest BCUT2D eigenvalue weighted by Gasteiger charge is 2.13. The Morgan fingerprint density at radius 1 is 1.16 bits per heavy atom. The highest BCUT2D eigenvalue weighted by atomic mass is 79.9. The van der Waals surface area contributed by atoms with E-state index in [0.717, 1.165) is 5.56 Å². The van der Waals surface area contributed by atoms with Crippen molar-refractivity contribution in [1.82, 2.24) is 25.4 Å². The van der Waals surface area contributed by atoms with Gasteiger partial charge in [0.05, 0.1) is 11.9 Å². The van der Waals surface area contributed by atoms with E-state index in [9.17, 15) is 4.79 Å². The van der Waals surface area contributed by atoms with Crippen molar-refractivity contribution >= 4 is 15.9 Å². The van der Waals surface area contributed by atoms with Gasteiger partial charge in [0.1, 0.15) is 10.2 Å². The van der Waals surface area contributed by atoms with Crippen molar-refractivity contribution in [3.05, 3.63) is 51.4 Å². The number of hydrogen-bond acceptors (Lipinski definition) is 4. The first-order valence-corrected chi connectivity index (χ1v) is 6.26. The first-order valence-electron chi connectivity index (χ1n) is 5.47. The van der Waals surface area contributed by atoms with Gasteiger partial charge < -0.3 is 4.98 Å². The molecule has 0 aliphatic heterocycles. The minimum atomic E-state index is -0.258. The second-order valence-electron chi connectivity index (χ2n) is 3.80. The average Bonchev–Trinajstić information content (AvgIpc) is 2.97. The van der Waals surface area contributed by atoms with Crippen LogP contribution in [0.25, 0.3) is 22.8 Å². The van der Waals surface area contributed by atoms with Gasteiger partial charge in [-0.05, 0) is 15.9 Å². The van der Waals surface area contributed by atoms with Crippen LogP contribution in [-0.2, 0) is 0 Å². The number of benzene rings is 1. The van der Waals surface area contributed by atoms with Gasteiger partial charge >= 0.3 is 0 Å². The molecule has 3 aromatic rings. The predicted octanol–water partition coefficient (Wildman–Crippen LogP) is 1.98. The Morgan fingerprint density at radius 3 is 2.63 bits per heavy atom. The second-order valence-corrected chi connectivity index (χ2v) is 4.59. The fourth-order valence-corrected chi connectivity index (χ4v) is 2.10. The monoisotopic (exact) mass is 317 g/mol. The Kier molecular flexibility index (Phi) is 2.96. The molecule has 3 rings (SSSR count). The molecule has 19 heavy (non-hydrogen) atoms. The molecule has 0 saturated heterocycles. The molecule has 0 radical (unpaired) electrons. The molecule has 2 N–H and O–H groups in total. The smallest absolute Gasteiger partial charge is 0.266 e. The van der Waals surface area contributed by atoms with Crippen LogP contribution in [0.5, 0.6) is 0 Å². The fourth-order valence-electron chi connectivity index (χ4n) is 1.68. The van der Waals surface area contributed by atoms with E-state index in [2.05, 4.69) is 41.3 Å². The van der Waals surface area contributed by atoms with E-state index < -0.39 is 0 Å². The van der Waals surface area contributed by atoms with E-state index in [1.165, 1.54) is 6.20 Å². The Labute approximate surface area is 116 Å². The predicted molar refractivity (Wildman–Crippen MR) is 73.4 cm³/mol. The van der Waals surface area contributed by atoms with Gasteiger partial charge in [0.15, 0.2) is 5.82 Å². The fraction of sp³-hybridized carbons (Fsp3) is 0. The Morgan fingerprint density at radius 2 is 1.95 bits per heavy atom. The molecule has 0 amide bonds. The van der Waals surface area contributed by atoms with Gasteiger partial charge in [-0.2, -0.15) is 15.4 Å². The number of aromatic nitrogens is 5. The van der Waals surface area contributed by atoms with Gasteiger partial charge in [-0.1, -0.05) is 30.3 Å². The Bertz CT molecular complexity index is 752. The summed E-state index contributed by atoms with van der Waals surface area (Å²) in [4.78, 5) is 19.0. The van der Waals surface area contributed by atoms with Crippen molar-refractivity contribution in [3.63, 3.8) is 0 Å². The van der Waals surface area contributed by atoms with Crippen LogP contribution in [-0.4, -0.2) is 25.4 Å². The Balaban J connectivity index is 2.23. The van der Waals surface area contributed by atoms with Crippen LogP contribution < -0.4 is 5.56 Å². The van der Waals surface area contributed by atoms with E-state index in [1.807, 2.05) is 30.3 Å². The molecule has 0 unspecified atom stereocenters. The molecule has 0 aliphatic rings. The lowest BCUT2D eigenvalue weighted by atomic mass is 10.1. The van der Waals surface area contributed by atoms with Crippen LogP contribution in [0.3, 0.4) is 0 Å². The van der Waals surface area contributed by atoms with Gasteiger partial charge in [0, 0.05) is 5.56 Å². The van der Waals surface area contributed by atoms with E-state index in [4.69, 9.17) is 0 Å². The van der Waals surface area contributed by atoms with Crippen LogP contribution in [0.1, 0.15) is 0 Å². The molecule has 0 aliphatic carbocycles. The van der Waals surface area contributed by atoms with Crippen molar-refractivity contribution in [1.29, 1.82) is 0 Å². The summed E-state index contributed by atoms with van der Waals surface area (Å²) in [5.41, 5.74) is 1.65. The number of nitrogens with zero attached hydrogens (tertiary/aromatic N) is 3. The van der Waals surface area contributed by atoms with Crippen LogP contribution >= 0.6 is 15.9 Å². The minimum Gasteiger partial charge on any atom is -0.304 e. The molecular weight excluding hydrogens is 310 g/mol. The summed E-state index contributed by atoms with van der Waals surface area (Å²) >= 11 is 3.26. The maximum absolute atomic E-state index is 11.9. The van der Waals surface area contributed by atoms with E-state index >= 15 is 0 Å². The number of H-pyrrole nitrogens is 2. The third kappa shape index (κ3) is 2.19. The molecule has 7 heteroatoms. The maximum atomic E-state index is 11.9. The largest absolute Gasteiger partial charge is 0.304 e. The third-order valence-corrected chi connectivity index (χ3v) is 3.30. The summed E-state index contributed by atoms with van der Waals surface area (Å²) in [6.45, 7) is 0. The van der Waals surface area contributed by atoms with Crippen molar-refractivity contribution < 1.29 is 0 Å². The molecule has 0 bridgehead atoms. The van der Waals surface area contributed by atoms with E-state index in [-0.39, 0.29) is 5.56 Å². The van der Waals surface area contributed by atoms with Crippen molar-refractivity contribution in [2.24, 2.45) is 0 Å². The molecule has 94 valence electrons. The molecular formula is C12H8BrN5O. The van der Waals surface area contributed by atoms with Crippen molar-refractivity contribution in [2.45, 2.75) is 0 Å². The summed E-state index contributed by atoms with van der Waals surface area (Å²) in [6.07, 6.45) is 1.50. The molecule has 0 saturated carbocycles. The lowest BCUT2D eigenvalue weighted by molar-refractivity contribution is 0.937. The molecule has 0 fully saturated rings. The quantitative estimate of drug-likeness (QED) is 0.756. The average molecular weight is 318 g/mol. The van der Waals surface area contributed by atoms with E-state index in [1.54, 1.807) is 0 Å². The summed E-state index contributed by atoms with van der Waals surface area (Å²) in [7, 11) is 0. The van der Waals surface area contributed by atoms with Crippen LogP contribution in [0.15, 0.2) is 45.8 Å². The number of nitrogens with one attached hydrogen (secondary N) is 2. The maximum Gasteiger partial charge on any atom is 0.266 e. The number of halogens is 1. The summed E-state index contributed by atoms with van der Waals surface area (Å²) < 4.78 is 0.394. The summed E-state index contributed by atoms with van der Waals surface area (Å²) in [5, 5.41) is 10.1. The zero-order chi connectivity index (χ0) is 13.2. The van der Waals surface area contributed by atoms with E-state index in [0.29, 0.717) is 21.7 Å². The van der Waals surface area contributed by atoms with Gasteiger partial charge in [0.2, 0.25) is 0 Å². The number of rotatable bonds is 2. The highest BCUT2D eigenvalue weighted by Crippen LogP contribution is 2.24. The first-order chi connectivity index (χ1) is 9.25. The normalized spacial score (nSPS) is 10.6. The standard InChI is InChI=1S/C12H8BrN5O/c13-9-10(7-4-2-1-3-5-7)15-11(16-12(9)19)8-6-14-18-17-8/h1-6H,(H,14,17,18)(H,15,16,19). The molecule has 0 spiro atoms. The SMILES string of the molecule is O=c1[nH]c(-c2cn[nH]n2)nc(-c2ccccc2)c1Br. The lowest BCUT2D eigenvalue weighted by Gasteiger charge is -2.05.